The Morgan fingerprint density at radius 2 is 2.00 bits per heavy atom. The van der Waals surface area contributed by atoms with Crippen LogP contribution in [-0.2, 0) is 11.2 Å². The Morgan fingerprint density at radius 3 is 2.60 bits per heavy atom. The summed E-state index contributed by atoms with van der Waals surface area (Å²) < 4.78 is 5.41. The van der Waals surface area contributed by atoms with Gasteiger partial charge in [0.25, 0.3) is 5.69 Å². The molecule has 1 aromatic heterocycles. The van der Waals surface area contributed by atoms with Crippen LogP contribution in [0.1, 0.15) is 5.69 Å². The Kier molecular flexibility index (Phi) is 3.85. The van der Waals surface area contributed by atoms with Gasteiger partial charge in [-0.1, -0.05) is 0 Å². The highest BCUT2D eigenvalue weighted by Gasteiger charge is 2.07. The van der Waals surface area contributed by atoms with Crippen LogP contribution < -0.4 is 10.5 Å². The van der Waals surface area contributed by atoms with Crippen molar-refractivity contribution >= 4 is 11.6 Å². The van der Waals surface area contributed by atoms with Crippen LogP contribution in [0.3, 0.4) is 0 Å². The first kappa shape index (κ1) is 13.4. The summed E-state index contributed by atoms with van der Waals surface area (Å²) >= 11 is 0. The van der Waals surface area contributed by atoms with Gasteiger partial charge in [0.1, 0.15) is 12.1 Å². The summed E-state index contributed by atoms with van der Waals surface area (Å²) in [4.78, 5) is 28.6. The Labute approximate surface area is 113 Å². The molecule has 0 radical (unpaired) electrons. The van der Waals surface area contributed by atoms with Crippen LogP contribution in [0, 0.1) is 10.1 Å². The normalized spacial score (nSPS) is 10.0. The standard InChI is InChI=1S/C12H10N4O4/c13-11(17)5-8-6-12(15-7-14-8)20-10-3-1-9(2-4-10)16(18)19/h1-4,6-7H,5H2,(H2,13,17). The number of hydrogen-bond acceptors (Lipinski definition) is 6. The van der Waals surface area contributed by atoms with Gasteiger partial charge >= 0.3 is 0 Å². The lowest BCUT2D eigenvalue weighted by Crippen LogP contribution is -2.14. The summed E-state index contributed by atoms with van der Waals surface area (Å²) in [6.45, 7) is 0. The van der Waals surface area contributed by atoms with Crippen LogP contribution in [0.4, 0.5) is 5.69 Å². The number of non-ortho nitro benzene ring substituents is 1. The van der Waals surface area contributed by atoms with E-state index >= 15 is 0 Å². The minimum absolute atomic E-state index is 0.0147. The third kappa shape index (κ3) is 3.48. The minimum Gasteiger partial charge on any atom is -0.439 e. The van der Waals surface area contributed by atoms with Gasteiger partial charge < -0.3 is 10.5 Å². The fourth-order valence-electron chi connectivity index (χ4n) is 1.46. The predicted molar refractivity (Wildman–Crippen MR) is 68.1 cm³/mol. The van der Waals surface area contributed by atoms with Gasteiger partial charge in [0.05, 0.1) is 17.0 Å². The van der Waals surface area contributed by atoms with Crippen LogP contribution >= 0.6 is 0 Å². The van der Waals surface area contributed by atoms with E-state index in [1.54, 1.807) is 0 Å². The fraction of sp³-hybridized carbons (Fsp3) is 0.0833. The number of primary amides is 1. The Balaban J connectivity index is 2.13. The molecule has 1 amide bonds. The number of hydrogen-bond donors (Lipinski definition) is 1. The number of nitrogens with two attached hydrogens (primary N) is 1. The fourth-order valence-corrected chi connectivity index (χ4v) is 1.46. The van der Waals surface area contributed by atoms with E-state index in [9.17, 15) is 14.9 Å². The van der Waals surface area contributed by atoms with E-state index in [0.717, 1.165) is 0 Å². The molecule has 0 spiro atoms. The molecule has 1 aromatic carbocycles. The number of carbonyl (C=O) groups is 1. The van der Waals surface area contributed by atoms with Crippen LogP contribution in [0.2, 0.25) is 0 Å². The smallest absolute Gasteiger partial charge is 0.269 e. The third-order valence-corrected chi connectivity index (χ3v) is 2.32. The van der Waals surface area contributed by atoms with Crippen molar-refractivity contribution in [3.63, 3.8) is 0 Å². The number of amides is 1. The molecular weight excluding hydrogens is 264 g/mol. The SMILES string of the molecule is NC(=O)Cc1cc(Oc2ccc([N+](=O)[O-])cc2)ncn1. The van der Waals surface area contributed by atoms with Crippen LogP contribution in [0.5, 0.6) is 11.6 Å². The van der Waals surface area contributed by atoms with Crippen LogP contribution in [0.25, 0.3) is 0 Å². The molecule has 2 N–H and O–H groups in total. The van der Waals surface area contributed by atoms with Gasteiger partial charge in [-0.15, -0.1) is 0 Å². The molecule has 2 aromatic rings. The van der Waals surface area contributed by atoms with Crippen molar-refractivity contribution in [2.75, 3.05) is 0 Å². The second-order valence-electron chi connectivity index (χ2n) is 3.84. The van der Waals surface area contributed by atoms with Gasteiger partial charge in [-0.05, 0) is 12.1 Å². The molecule has 0 saturated carbocycles. The summed E-state index contributed by atoms with van der Waals surface area (Å²) in [5.41, 5.74) is 5.47. The van der Waals surface area contributed by atoms with Crippen molar-refractivity contribution in [3.05, 3.63) is 52.5 Å². The van der Waals surface area contributed by atoms with Crippen LogP contribution in [-0.4, -0.2) is 20.8 Å². The van der Waals surface area contributed by atoms with Crippen LogP contribution in [0.15, 0.2) is 36.7 Å². The number of nitro groups is 1. The number of nitro benzene ring substituents is 1. The average molecular weight is 274 g/mol. The maximum absolute atomic E-state index is 10.8. The number of rotatable bonds is 5. The zero-order valence-electron chi connectivity index (χ0n) is 10.2. The maximum Gasteiger partial charge on any atom is 0.269 e. The van der Waals surface area contributed by atoms with Gasteiger partial charge in [0.2, 0.25) is 11.8 Å². The van der Waals surface area contributed by atoms with Gasteiger partial charge in [-0.25, -0.2) is 9.97 Å². The highest BCUT2D eigenvalue weighted by atomic mass is 16.6. The van der Waals surface area contributed by atoms with Crippen molar-refractivity contribution in [2.24, 2.45) is 5.73 Å². The first-order chi connectivity index (χ1) is 9.54. The second-order valence-corrected chi connectivity index (χ2v) is 3.84. The zero-order chi connectivity index (χ0) is 14.5. The van der Waals surface area contributed by atoms with E-state index in [1.807, 2.05) is 0 Å². The maximum atomic E-state index is 10.8. The van der Waals surface area contributed by atoms with E-state index in [0.29, 0.717) is 11.4 Å². The van der Waals surface area contributed by atoms with Gasteiger partial charge in [-0.2, -0.15) is 0 Å². The highest BCUT2D eigenvalue weighted by molar-refractivity contribution is 5.76. The molecule has 2 rings (SSSR count). The third-order valence-electron chi connectivity index (χ3n) is 2.32. The average Bonchev–Trinajstić information content (AvgIpc) is 2.39. The molecule has 102 valence electrons. The zero-order valence-corrected chi connectivity index (χ0v) is 10.2. The van der Waals surface area contributed by atoms with E-state index in [4.69, 9.17) is 10.5 Å². The lowest BCUT2D eigenvalue weighted by molar-refractivity contribution is -0.384. The summed E-state index contributed by atoms with van der Waals surface area (Å²) in [5.74, 6) is 0.106. The summed E-state index contributed by atoms with van der Waals surface area (Å²) in [6, 6.07) is 7.02. The quantitative estimate of drug-likeness (QED) is 0.645. The molecular formula is C12H10N4O4. The Bertz CT molecular complexity index is 642. The number of ether oxygens (including phenoxy) is 1. The highest BCUT2D eigenvalue weighted by Crippen LogP contribution is 2.22. The van der Waals surface area contributed by atoms with Crippen molar-refractivity contribution in [3.8, 4) is 11.6 Å². The summed E-state index contributed by atoms with van der Waals surface area (Å²) in [7, 11) is 0. The topological polar surface area (TPSA) is 121 Å². The van der Waals surface area contributed by atoms with E-state index in [-0.39, 0.29) is 18.0 Å². The monoisotopic (exact) mass is 274 g/mol. The van der Waals surface area contributed by atoms with E-state index < -0.39 is 10.8 Å². The molecule has 0 atom stereocenters. The largest absolute Gasteiger partial charge is 0.439 e. The summed E-state index contributed by atoms with van der Waals surface area (Å²) in [6.07, 6.45) is 1.23. The molecule has 8 nitrogen and oxygen atoms in total. The van der Waals surface area contributed by atoms with Crippen molar-refractivity contribution in [1.82, 2.24) is 9.97 Å². The molecule has 0 bridgehead atoms. The molecule has 0 unspecified atom stereocenters. The van der Waals surface area contributed by atoms with Gasteiger partial charge in [0, 0.05) is 18.2 Å². The van der Waals surface area contributed by atoms with Crippen molar-refractivity contribution < 1.29 is 14.5 Å². The number of benzene rings is 1. The molecule has 0 saturated heterocycles. The molecule has 8 heteroatoms. The van der Waals surface area contributed by atoms with Gasteiger partial charge in [-0.3, -0.25) is 14.9 Å². The number of nitrogens with zero attached hydrogens (tertiary/aromatic N) is 3. The first-order valence-electron chi connectivity index (χ1n) is 5.56. The molecule has 1 heterocycles. The lowest BCUT2D eigenvalue weighted by atomic mass is 10.3. The summed E-state index contributed by atoms with van der Waals surface area (Å²) in [5, 5.41) is 10.5. The molecule has 0 aliphatic heterocycles. The molecule has 0 fully saturated rings. The molecule has 0 aliphatic rings. The van der Waals surface area contributed by atoms with Crippen molar-refractivity contribution in [2.45, 2.75) is 6.42 Å². The second kappa shape index (κ2) is 5.74. The minimum atomic E-state index is -0.509. The first-order valence-corrected chi connectivity index (χ1v) is 5.56. The Morgan fingerprint density at radius 1 is 1.30 bits per heavy atom. The lowest BCUT2D eigenvalue weighted by Gasteiger charge is -2.05. The number of aromatic nitrogens is 2. The molecule has 0 aliphatic carbocycles. The molecule has 20 heavy (non-hydrogen) atoms. The van der Waals surface area contributed by atoms with Crippen molar-refractivity contribution in [1.29, 1.82) is 0 Å². The Hall–Kier alpha value is -3.03. The van der Waals surface area contributed by atoms with E-state index in [2.05, 4.69) is 9.97 Å². The van der Waals surface area contributed by atoms with E-state index in [1.165, 1.54) is 36.7 Å². The number of carbonyl (C=O) groups excluding carboxylic acids is 1. The predicted octanol–water partition coefficient (Wildman–Crippen LogP) is 1.20. The van der Waals surface area contributed by atoms with Gasteiger partial charge in [0.15, 0.2) is 0 Å².